The van der Waals surface area contributed by atoms with Gasteiger partial charge in [-0.15, -0.1) is 0 Å². The molecule has 2 N–H and O–H groups in total. The van der Waals surface area contributed by atoms with E-state index in [4.69, 9.17) is 17.3 Å². The van der Waals surface area contributed by atoms with Gasteiger partial charge in [-0.3, -0.25) is 0 Å². The minimum Gasteiger partial charge on any atom is -0.398 e. The number of alkyl halides is 4. The van der Waals surface area contributed by atoms with Gasteiger partial charge < -0.3 is 5.73 Å². The number of nitrogens with two attached hydrogens (primary N) is 1. The van der Waals surface area contributed by atoms with Crippen LogP contribution in [0, 0.1) is 0 Å². The first-order valence-electron chi connectivity index (χ1n) is 3.58. The standard InChI is InChI=1S/C8H6BrClF3N/c9-3-4-5(10)1-2-6(14)7(4)8(11,12)13/h1-2H,3,14H2. The fourth-order valence-electron chi connectivity index (χ4n) is 1.11. The van der Waals surface area contributed by atoms with E-state index in [9.17, 15) is 13.2 Å². The van der Waals surface area contributed by atoms with Gasteiger partial charge in [-0.1, -0.05) is 27.5 Å². The molecule has 0 radical (unpaired) electrons. The maximum absolute atomic E-state index is 12.5. The van der Waals surface area contributed by atoms with Gasteiger partial charge in [0.15, 0.2) is 0 Å². The summed E-state index contributed by atoms with van der Waals surface area (Å²) >= 11 is 8.57. The van der Waals surface area contributed by atoms with Crippen molar-refractivity contribution in [2.24, 2.45) is 0 Å². The summed E-state index contributed by atoms with van der Waals surface area (Å²) in [6, 6.07) is 2.50. The Kier molecular flexibility index (Phi) is 3.32. The third-order valence-electron chi connectivity index (χ3n) is 1.71. The van der Waals surface area contributed by atoms with Crippen LogP contribution in [0.5, 0.6) is 0 Å². The summed E-state index contributed by atoms with van der Waals surface area (Å²) in [7, 11) is 0. The quantitative estimate of drug-likeness (QED) is 0.617. The summed E-state index contributed by atoms with van der Waals surface area (Å²) < 4.78 is 37.6. The number of nitrogen functional groups attached to an aromatic ring is 1. The van der Waals surface area contributed by atoms with E-state index in [2.05, 4.69) is 15.9 Å². The predicted octanol–water partition coefficient (Wildman–Crippen LogP) is 3.84. The maximum atomic E-state index is 12.5. The Morgan fingerprint density at radius 2 is 1.93 bits per heavy atom. The van der Waals surface area contributed by atoms with Crippen LogP contribution in [0.25, 0.3) is 0 Å². The van der Waals surface area contributed by atoms with E-state index in [1.54, 1.807) is 0 Å². The van der Waals surface area contributed by atoms with Crippen molar-refractivity contribution in [3.05, 3.63) is 28.3 Å². The SMILES string of the molecule is Nc1ccc(Cl)c(CBr)c1C(F)(F)F. The Hall–Kier alpha value is -0.420. The Morgan fingerprint density at radius 3 is 2.29 bits per heavy atom. The van der Waals surface area contributed by atoms with Crippen molar-refractivity contribution < 1.29 is 13.2 Å². The molecule has 0 saturated heterocycles. The highest BCUT2D eigenvalue weighted by Crippen LogP contribution is 2.39. The van der Waals surface area contributed by atoms with E-state index in [0.29, 0.717) is 0 Å². The van der Waals surface area contributed by atoms with Crippen molar-refractivity contribution in [3.63, 3.8) is 0 Å². The summed E-state index contributed by atoms with van der Waals surface area (Å²) in [6.07, 6.45) is -4.47. The zero-order valence-electron chi connectivity index (χ0n) is 6.83. The van der Waals surface area contributed by atoms with Gasteiger partial charge in [0.2, 0.25) is 0 Å². The van der Waals surface area contributed by atoms with Crippen LogP contribution in [0.2, 0.25) is 5.02 Å². The second-order valence-electron chi connectivity index (χ2n) is 2.62. The smallest absolute Gasteiger partial charge is 0.398 e. The van der Waals surface area contributed by atoms with E-state index in [1.807, 2.05) is 0 Å². The highest BCUT2D eigenvalue weighted by molar-refractivity contribution is 9.08. The molecule has 0 saturated carbocycles. The molecule has 1 aromatic carbocycles. The van der Waals surface area contributed by atoms with Gasteiger partial charge in [-0.05, 0) is 17.7 Å². The van der Waals surface area contributed by atoms with E-state index in [1.165, 1.54) is 6.07 Å². The van der Waals surface area contributed by atoms with Gasteiger partial charge in [-0.25, -0.2) is 0 Å². The van der Waals surface area contributed by atoms with Crippen LogP contribution in [-0.2, 0) is 11.5 Å². The average Bonchev–Trinajstić information content (AvgIpc) is 2.06. The highest BCUT2D eigenvalue weighted by atomic mass is 79.9. The van der Waals surface area contributed by atoms with Crippen LogP contribution in [0.15, 0.2) is 12.1 Å². The lowest BCUT2D eigenvalue weighted by atomic mass is 10.1. The molecule has 6 heteroatoms. The molecule has 0 aromatic heterocycles. The molecule has 14 heavy (non-hydrogen) atoms. The Bertz CT molecular complexity index is 351. The number of anilines is 1. The molecule has 0 heterocycles. The molecule has 1 aromatic rings. The fraction of sp³-hybridized carbons (Fsp3) is 0.250. The van der Waals surface area contributed by atoms with Gasteiger partial charge in [0, 0.05) is 16.0 Å². The minimum atomic E-state index is -4.47. The molecule has 0 bridgehead atoms. The molecule has 0 aliphatic rings. The molecule has 1 rings (SSSR count). The second-order valence-corrected chi connectivity index (χ2v) is 3.59. The third kappa shape index (κ3) is 2.15. The van der Waals surface area contributed by atoms with Crippen molar-refractivity contribution in [2.75, 3.05) is 5.73 Å². The van der Waals surface area contributed by atoms with Crippen LogP contribution in [0.4, 0.5) is 18.9 Å². The molecular weight excluding hydrogens is 282 g/mol. The summed E-state index contributed by atoms with van der Waals surface area (Å²) in [5, 5.41) is 0.0783. The lowest BCUT2D eigenvalue weighted by molar-refractivity contribution is -0.137. The van der Waals surface area contributed by atoms with E-state index in [0.717, 1.165) is 6.07 Å². The van der Waals surface area contributed by atoms with Gasteiger partial charge in [0.1, 0.15) is 0 Å². The summed E-state index contributed by atoms with van der Waals surface area (Å²) in [4.78, 5) is 0. The van der Waals surface area contributed by atoms with Gasteiger partial charge in [0.05, 0.1) is 5.56 Å². The lowest BCUT2D eigenvalue weighted by Crippen LogP contribution is -2.12. The number of hydrogen-bond donors (Lipinski definition) is 1. The normalized spacial score (nSPS) is 11.8. The van der Waals surface area contributed by atoms with E-state index >= 15 is 0 Å². The summed E-state index contributed by atoms with van der Waals surface area (Å²) in [5.74, 6) is 0. The van der Waals surface area contributed by atoms with Crippen molar-refractivity contribution in [3.8, 4) is 0 Å². The molecule has 0 unspecified atom stereocenters. The monoisotopic (exact) mass is 287 g/mol. The Morgan fingerprint density at radius 1 is 1.36 bits per heavy atom. The molecule has 0 aliphatic carbocycles. The predicted molar refractivity (Wildman–Crippen MR) is 53.5 cm³/mol. The lowest BCUT2D eigenvalue weighted by Gasteiger charge is -2.14. The van der Waals surface area contributed by atoms with Crippen molar-refractivity contribution in [1.29, 1.82) is 0 Å². The zero-order chi connectivity index (χ0) is 10.9. The van der Waals surface area contributed by atoms with Crippen LogP contribution in [0.1, 0.15) is 11.1 Å². The van der Waals surface area contributed by atoms with Gasteiger partial charge in [0.25, 0.3) is 0 Å². The first-order chi connectivity index (χ1) is 6.38. The number of rotatable bonds is 1. The largest absolute Gasteiger partial charge is 0.418 e. The molecule has 78 valence electrons. The highest BCUT2D eigenvalue weighted by Gasteiger charge is 2.36. The van der Waals surface area contributed by atoms with Crippen LogP contribution < -0.4 is 5.73 Å². The molecule has 0 amide bonds. The van der Waals surface area contributed by atoms with Crippen LogP contribution in [-0.4, -0.2) is 0 Å². The van der Waals surface area contributed by atoms with Crippen molar-refractivity contribution in [1.82, 2.24) is 0 Å². The maximum Gasteiger partial charge on any atom is 0.418 e. The van der Waals surface area contributed by atoms with E-state index in [-0.39, 0.29) is 21.6 Å². The molecule has 0 fully saturated rings. The zero-order valence-corrected chi connectivity index (χ0v) is 9.17. The molecular formula is C8H6BrClF3N. The first kappa shape index (κ1) is 11.7. The number of hydrogen-bond acceptors (Lipinski definition) is 1. The molecule has 0 spiro atoms. The average molecular weight is 288 g/mol. The number of benzene rings is 1. The molecule has 0 atom stereocenters. The minimum absolute atomic E-state index is 0.0196. The summed E-state index contributed by atoms with van der Waals surface area (Å²) in [6.45, 7) is 0. The molecule has 1 nitrogen and oxygen atoms in total. The fourth-order valence-corrected chi connectivity index (χ4v) is 2.07. The van der Waals surface area contributed by atoms with Crippen LogP contribution >= 0.6 is 27.5 Å². The topological polar surface area (TPSA) is 26.0 Å². The van der Waals surface area contributed by atoms with Gasteiger partial charge in [-0.2, -0.15) is 13.2 Å². The summed E-state index contributed by atoms with van der Waals surface area (Å²) in [5.41, 5.74) is 4.06. The van der Waals surface area contributed by atoms with Gasteiger partial charge >= 0.3 is 6.18 Å². The van der Waals surface area contributed by atoms with E-state index < -0.39 is 11.7 Å². The molecule has 0 aliphatic heterocycles. The second kappa shape index (κ2) is 3.98. The van der Waals surface area contributed by atoms with Crippen molar-refractivity contribution >= 4 is 33.2 Å². The first-order valence-corrected chi connectivity index (χ1v) is 5.08. The Labute approximate surface area is 92.2 Å². The number of halogens is 5. The van der Waals surface area contributed by atoms with Crippen LogP contribution in [0.3, 0.4) is 0 Å². The third-order valence-corrected chi connectivity index (χ3v) is 2.62. The Balaban J connectivity index is 3.46. The van der Waals surface area contributed by atoms with Crippen molar-refractivity contribution in [2.45, 2.75) is 11.5 Å².